The first-order valence-electron chi connectivity index (χ1n) is 5.69. The summed E-state index contributed by atoms with van der Waals surface area (Å²) >= 11 is 0. The van der Waals surface area contributed by atoms with Crippen molar-refractivity contribution in [3.63, 3.8) is 0 Å². The molecule has 0 spiro atoms. The summed E-state index contributed by atoms with van der Waals surface area (Å²) in [5.74, 6) is -1.38. The van der Waals surface area contributed by atoms with Gasteiger partial charge in [-0.2, -0.15) is 0 Å². The van der Waals surface area contributed by atoms with E-state index in [-0.39, 0.29) is 17.2 Å². The molecule has 7 nitrogen and oxygen atoms in total. The summed E-state index contributed by atoms with van der Waals surface area (Å²) in [5.41, 5.74) is 0.383. The zero-order valence-electron chi connectivity index (χ0n) is 10.2. The smallest absolute Gasteiger partial charge is 0.338 e. The molecule has 2 rings (SSSR count). The summed E-state index contributed by atoms with van der Waals surface area (Å²) in [6, 6.07) is 3.81. The number of hydrogen-bond acceptors (Lipinski definition) is 5. The monoisotopic (exact) mass is 264 g/mol. The first kappa shape index (κ1) is 13.0. The van der Waals surface area contributed by atoms with Crippen LogP contribution in [0, 0.1) is 10.1 Å². The van der Waals surface area contributed by atoms with Crippen LogP contribution in [0.2, 0.25) is 0 Å². The van der Waals surface area contributed by atoms with Crippen molar-refractivity contribution in [3.05, 3.63) is 39.4 Å². The molecule has 0 aliphatic carbocycles. The molecule has 1 aromatic carbocycles. The Morgan fingerprint density at radius 1 is 1.53 bits per heavy atom. The molecule has 0 saturated carbocycles. The van der Waals surface area contributed by atoms with Crippen molar-refractivity contribution in [1.29, 1.82) is 0 Å². The minimum absolute atomic E-state index is 0.151. The van der Waals surface area contributed by atoms with E-state index >= 15 is 0 Å². The molecule has 7 heteroatoms. The number of amides is 1. The quantitative estimate of drug-likeness (QED) is 0.498. The van der Waals surface area contributed by atoms with Gasteiger partial charge in [0.15, 0.2) is 0 Å². The van der Waals surface area contributed by atoms with Crippen molar-refractivity contribution in [2.75, 3.05) is 13.7 Å². The lowest BCUT2D eigenvalue weighted by Crippen LogP contribution is -2.20. The molecule has 1 atom stereocenters. The van der Waals surface area contributed by atoms with Gasteiger partial charge in [0.25, 0.3) is 5.69 Å². The Labute approximate surface area is 108 Å². The van der Waals surface area contributed by atoms with E-state index in [2.05, 4.69) is 10.1 Å². The van der Waals surface area contributed by atoms with Gasteiger partial charge in [-0.1, -0.05) is 0 Å². The zero-order valence-corrected chi connectivity index (χ0v) is 10.2. The van der Waals surface area contributed by atoms with Crippen LogP contribution in [0.5, 0.6) is 0 Å². The maximum Gasteiger partial charge on any atom is 0.338 e. The van der Waals surface area contributed by atoms with Crippen molar-refractivity contribution < 1.29 is 19.2 Å². The second kappa shape index (κ2) is 5.05. The Kier molecular flexibility index (Phi) is 3.46. The highest BCUT2D eigenvalue weighted by atomic mass is 16.6. The second-order valence-corrected chi connectivity index (χ2v) is 4.15. The normalized spacial score (nSPS) is 17.9. The van der Waals surface area contributed by atoms with Crippen LogP contribution in [0.4, 0.5) is 5.69 Å². The lowest BCUT2D eigenvalue weighted by atomic mass is 9.92. The lowest BCUT2D eigenvalue weighted by molar-refractivity contribution is -0.384. The van der Waals surface area contributed by atoms with Gasteiger partial charge < -0.3 is 10.1 Å². The van der Waals surface area contributed by atoms with Gasteiger partial charge in [-0.3, -0.25) is 14.9 Å². The molecule has 1 fully saturated rings. The fourth-order valence-electron chi connectivity index (χ4n) is 2.14. The predicted octanol–water partition coefficient (Wildman–Crippen LogP) is 0.985. The van der Waals surface area contributed by atoms with E-state index in [1.165, 1.54) is 25.3 Å². The van der Waals surface area contributed by atoms with Gasteiger partial charge >= 0.3 is 5.97 Å². The van der Waals surface area contributed by atoms with E-state index in [9.17, 15) is 19.7 Å². The molecule has 1 amide bonds. The average molecular weight is 264 g/mol. The first-order valence-corrected chi connectivity index (χ1v) is 5.69. The van der Waals surface area contributed by atoms with Crippen LogP contribution in [0.15, 0.2) is 18.2 Å². The number of non-ortho nitro benzene ring substituents is 1. The van der Waals surface area contributed by atoms with Gasteiger partial charge in [-0.15, -0.1) is 0 Å². The summed E-state index contributed by atoms with van der Waals surface area (Å²) in [7, 11) is 1.22. The van der Waals surface area contributed by atoms with E-state index in [1.54, 1.807) is 0 Å². The number of nitrogens with zero attached hydrogens (tertiary/aromatic N) is 1. The van der Waals surface area contributed by atoms with E-state index in [0.29, 0.717) is 18.5 Å². The minimum atomic E-state index is -0.607. The number of carbonyl (C=O) groups is 2. The third kappa shape index (κ3) is 2.40. The summed E-state index contributed by atoms with van der Waals surface area (Å²) in [6.45, 7) is 0.493. The molecule has 1 unspecified atom stereocenters. The minimum Gasteiger partial charge on any atom is -0.465 e. The molecular weight excluding hydrogens is 252 g/mol. The standard InChI is InChI=1S/C12H12N2O5/c1-19-12(16)9-3-2-7(14(17)18)6-10(9)8-4-5-13-11(8)15/h2-3,6,8H,4-5H2,1H3,(H,13,15). The molecule has 1 N–H and O–H groups in total. The topological polar surface area (TPSA) is 98.5 Å². The van der Waals surface area contributed by atoms with Gasteiger partial charge in [0.1, 0.15) is 0 Å². The number of hydrogen-bond donors (Lipinski definition) is 1. The molecule has 1 saturated heterocycles. The van der Waals surface area contributed by atoms with Crippen molar-refractivity contribution in [2.45, 2.75) is 12.3 Å². The fraction of sp³-hybridized carbons (Fsp3) is 0.333. The van der Waals surface area contributed by atoms with E-state index < -0.39 is 16.8 Å². The Morgan fingerprint density at radius 3 is 2.79 bits per heavy atom. The lowest BCUT2D eigenvalue weighted by Gasteiger charge is -2.11. The summed E-state index contributed by atoms with van der Waals surface area (Å²) < 4.78 is 4.63. The molecule has 0 aromatic heterocycles. The predicted molar refractivity (Wildman–Crippen MR) is 64.8 cm³/mol. The maximum atomic E-state index is 11.7. The van der Waals surface area contributed by atoms with E-state index in [1.807, 2.05) is 0 Å². The molecule has 1 aliphatic heterocycles. The first-order chi connectivity index (χ1) is 9.04. The second-order valence-electron chi connectivity index (χ2n) is 4.15. The zero-order chi connectivity index (χ0) is 14.0. The summed E-state index contributed by atoms with van der Waals surface area (Å²) in [4.78, 5) is 33.6. The molecule has 1 heterocycles. The summed E-state index contributed by atoms with van der Waals surface area (Å²) in [6.07, 6.45) is 0.504. The van der Waals surface area contributed by atoms with Crippen LogP contribution in [0.25, 0.3) is 0 Å². The molecule has 1 aliphatic rings. The van der Waals surface area contributed by atoms with Gasteiger partial charge in [-0.05, 0) is 18.1 Å². The Morgan fingerprint density at radius 2 is 2.26 bits per heavy atom. The third-order valence-corrected chi connectivity index (χ3v) is 3.08. The molecule has 19 heavy (non-hydrogen) atoms. The van der Waals surface area contributed by atoms with Crippen LogP contribution >= 0.6 is 0 Å². The number of nitro groups is 1. The number of esters is 1. The maximum absolute atomic E-state index is 11.7. The van der Waals surface area contributed by atoms with Crippen molar-refractivity contribution in [1.82, 2.24) is 5.32 Å². The molecule has 100 valence electrons. The Hall–Kier alpha value is -2.44. The Balaban J connectivity index is 2.52. The van der Waals surface area contributed by atoms with Crippen molar-refractivity contribution in [2.24, 2.45) is 0 Å². The molecular formula is C12H12N2O5. The Bertz CT molecular complexity index is 555. The number of carbonyl (C=O) groups excluding carboxylic acids is 2. The third-order valence-electron chi connectivity index (χ3n) is 3.08. The number of methoxy groups -OCH3 is 1. The highest BCUT2D eigenvalue weighted by molar-refractivity contribution is 5.95. The number of nitrogens with one attached hydrogen (secondary N) is 1. The van der Waals surface area contributed by atoms with Crippen molar-refractivity contribution >= 4 is 17.6 Å². The number of benzene rings is 1. The number of nitro benzene ring substituents is 1. The van der Waals surface area contributed by atoms with Crippen LogP contribution in [-0.4, -0.2) is 30.5 Å². The van der Waals surface area contributed by atoms with Crippen LogP contribution in [-0.2, 0) is 9.53 Å². The molecule has 0 radical (unpaired) electrons. The van der Waals surface area contributed by atoms with E-state index in [4.69, 9.17) is 0 Å². The number of rotatable bonds is 3. The highest BCUT2D eigenvalue weighted by Gasteiger charge is 2.31. The fourth-order valence-corrected chi connectivity index (χ4v) is 2.14. The SMILES string of the molecule is COC(=O)c1ccc([N+](=O)[O-])cc1C1CCNC1=O. The molecule has 0 bridgehead atoms. The largest absolute Gasteiger partial charge is 0.465 e. The van der Waals surface area contributed by atoms with Gasteiger partial charge in [0.2, 0.25) is 5.91 Å². The van der Waals surface area contributed by atoms with Crippen LogP contribution in [0.3, 0.4) is 0 Å². The van der Waals surface area contributed by atoms with Crippen LogP contribution in [0.1, 0.15) is 28.3 Å². The van der Waals surface area contributed by atoms with Crippen LogP contribution < -0.4 is 5.32 Å². The van der Waals surface area contributed by atoms with E-state index in [0.717, 1.165) is 0 Å². The van der Waals surface area contributed by atoms with Gasteiger partial charge in [-0.25, -0.2) is 4.79 Å². The van der Waals surface area contributed by atoms with Crippen molar-refractivity contribution in [3.8, 4) is 0 Å². The average Bonchev–Trinajstić information content (AvgIpc) is 2.83. The summed E-state index contributed by atoms with van der Waals surface area (Å²) in [5, 5.41) is 13.4. The highest BCUT2D eigenvalue weighted by Crippen LogP contribution is 2.30. The number of ether oxygens (including phenoxy) is 1. The van der Waals surface area contributed by atoms with Gasteiger partial charge in [0.05, 0.1) is 23.5 Å². The van der Waals surface area contributed by atoms with Gasteiger partial charge in [0, 0.05) is 18.7 Å². The molecule has 1 aromatic rings.